The first kappa shape index (κ1) is 16.7. The van der Waals surface area contributed by atoms with E-state index in [2.05, 4.69) is 19.9 Å². The highest BCUT2D eigenvalue weighted by Gasteiger charge is 2.33. The topological polar surface area (TPSA) is 79.4 Å². The van der Waals surface area contributed by atoms with E-state index in [1.165, 1.54) is 10.6 Å². The van der Waals surface area contributed by atoms with Crippen LogP contribution in [0.15, 0.2) is 30.9 Å². The number of anilines is 1. The van der Waals surface area contributed by atoms with Crippen molar-refractivity contribution in [3.63, 3.8) is 0 Å². The summed E-state index contributed by atoms with van der Waals surface area (Å²) in [6, 6.07) is 1.74. The molecule has 0 bridgehead atoms. The number of aliphatic hydroxyl groups is 1. The highest BCUT2D eigenvalue weighted by molar-refractivity contribution is 5.58. The molecule has 1 aliphatic rings. The normalized spacial score (nSPS) is 16.4. The summed E-state index contributed by atoms with van der Waals surface area (Å²) in [6.07, 6.45) is 1.40. The van der Waals surface area contributed by atoms with Crippen LogP contribution in [-0.4, -0.2) is 48.6 Å². The summed E-state index contributed by atoms with van der Waals surface area (Å²) >= 11 is 0. The summed E-state index contributed by atoms with van der Waals surface area (Å²) in [4.78, 5) is 18.2. The van der Waals surface area contributed by atoms with Crippen LogP contribution in [-0.2, 0) is 6.18 Å². The maximum atomic E-state index is 12.9. The lowest BCUT2D eigenvalue weighted by molar-refractivity contribution is -0.141. The Kier molecular flexibility index (Phi) is 3.98. The lowest BCUT2D eigenvalue weighted by atomic mass is 10.1. The summed E-state index contributed by atoms with van der Waals surface area (Å²) in [5, 5.41) is 9.62. The molecular weight excluding hydrogens is 349 g/mol. The number of hydrogen-bond donors (Lipinski definition) is 1. The third-order valence-corrected chi connectivity index (χ3v) is 4.34. The van der Waals surface area contributed by atoms with Crippen LogP contribution in [0.25, 0.3) is 17.2 Å². The second kappa shape index (κ2) is 6.20. The van der Waals surface area contributed by atoms with Gasteiger partial charge in [-0.1, -0.05) is 0 Å². The van der Waals surface area contributed by atoms with Crippen LogP contribution >= 0.6 is 0 Å². The predicted octanol–water partition coefficient (Wildman–Crippen LogP) is 2.17. The number of aliphatic hydroxyl groups excluding tert-OH is 1. The standard InChI is InChI=1S/C16H15F3N6O/c17-16(18,19)12-9-25-11(7-22-14(25)8-21-12)15-20-4-1-13(23-15)24-5-2-10(26)3-6-24/h1,4,7-10,26H,2-3,5-6H2. The van der Waals surface area contributed by atoms with Crippen molar-refractivity contribution in [2.75, 3.05) is 18.0 Å². The number of piperidine rings is 1. The molecule has 0 saturated carbocycles. The number of rotatable bonds is 2. The van der Waals surface area contributed by atoms with Gasteiger partial charge in [0.25, 0.3) is 0 Å². The van der Waals surface area contributed by atoms with Crippen LogP contribution in [0.3, 0.4) is 0 Å². The van der Waals surface area contributed by atoms with Crippen LogP contribution in [0.2, 0.25) is 0 Å². The molecule has 10 heteroatoms. The molecule has 1 aliphatic heterocycles. The van der Waals surface area contributed by atoms with Crippen LogP contribution in [0.5, 0.6) is 0 Å². The average molecular weight is 364 g/mol. The lowest BCUT2D eigenvalue weighted by Gasteiger charge is -2.30. The Morgan fingerprint density at radius 3 is 2.58 bits per heavy atom. The maximum Gasteiger partial charge on any atom is 0.434 e. The van der Waals surface area contributed by atoms with Gasteiger partial charge in [-0.25, -0.2) is 19.9 Å². The van der Waals surface area contributed by atoms with Crippen molar-refractivity contribution in [1.29, 1.82) is 0 Å². The van der Waals surface area contributed by atoms with Crippen molar-refractivity contribution in [2.24, 2.45) is 0 Å². The monoisotopic (exact) mass is 364 g/mol. The van der Waals surface area contributed by atoms with E-state index in [0.29, 0.717) is 37.4 Å². The Bertz CT molecular complexity index is 933. The molecule has 4 heterocycles. The molecule has 26 heavy (non-hydrogen) atoms. The summed E-state index contributed by atoms with van der Waals surface area (Å²) in [6.45, 7) is 1.32. The van der Waals surface area contributed by atoms with Crippen LogP contribution in [0, 0.1) is 0 Å². The van der Waals surface area contributed by atoms with Gasteiger partial charge in [0.1, 0.15) is 11.5 Å². The van der Waals surface area contributed by atoms with Crippen LogP contribution < -0.4 is 4.90 Å². The molecule has 3 aromatic rings. The molecule has 0 amide bonds. The van der Waals surface area contributed by atoms with E-state index in [0.717, 1.165) is 12.4 Å². The highest BCUT2D eigenvalue weighted by atomic mass is 19.4. The number of alkyl halides is 3. The van der Waals surface area contributed by atoms with Gasteiger partial charge in [-0.3, -0.25) is 4.40 Å². The van der Waals surface area contributed by atoms with E-state index < -0.39 is 11.9 Å². The molecule has 136 valence electrons. The smallest absolute Gasteiger partial charge is 0.393 e. The number of aromatic nitrogens is 5. The van der Waals surface area contributed by atoms with Crippen molar-refractivity contribution >= 4 is 11.5 Å². The highest BCUT2D eigenvalue weighted by Crippen LogP contribution is 2.29. The first-order valence-electron chi connectivity index (χ1n) is 8.08. The van der Waals surface area contributed by atoms with Gasteiger partial charge in [0.05, 0.1) is 18.5 Å². The Balaban J connectivity index is 1.72. The van der Waals surface area contributed by atoms with Crippen molar-refractivity contribution < 1.29 is 18.3 Å². The van der Waals surface area contributed by atoms with Gasteiger partial charge in [0.15, 0.2) is 17.2 Å². The molecular formula is C16H15F3N6O. The number of hydrogen-bond acceptors (Lipinski definition) is 6. The van der Waals surface area contributed by atoms with Gasteiger partial charge >= 0.3 is 6.18 Å². The molecule has 0 atom stereocenters. The zero-order valence-corrected chi connectivity index (χ0v) is 13.6. The SMILES string of the molecule is OC1CCN(c2ccnc(-c3cnc4cnc(C(F)(F)F)cn34)n2)CC1. The molecule has 0 unspecified atom stereocenters. The van der Waals surface area contributed by atoms with E-state index in [9.17, 15) is 18.3 Å². The quantitative estimate of drug-likeness (QED) is 0.751. The summed E-state index contributed by atoms with van der Waals surface area (Å²) in [5.74, 6) is 0.947. The Morgan fingerprint density at radius 2 is 1.85 bits per heavy atom. The van der Waals surface area contributed by atoms with Crippen LogP contribution in [0.1, 0.15) is 18.5 Å². The lowest BCUT2D eigenvalue weighted by Crippen LogP contribution is -2.36. The molecule has 1 saturated heterocycles. The van der Waals surface area contributed by atoms with E-state index >= 15 is 0 Å². The van der Waals surface area contributed by atoms with Crippen molar-refractivity contribution in [3.8, 4) is 11.5 Å². The Morgan fingerprint density at radius 1 is 1.08 bits per heavy atom. The fourth-order valence-electron chi connectivity index (χ4n) is 2.94. The van der Waals surface area contributed by atoms with Crippen molar-refractivity contribution in [2.45, 2.75) is 25.1 Å². The van der Waals surface area contributed by atoms with Crippen LogP contribution in [0.4, 0.5) is 19.0 Å². The average Bonchev–Trinajstić information content (AvgIpc) is 3.05. The van der Waals surface area contributed by atoms with E-state index in [4.69, 9.17) is 0 Å². The summed E-state index contributed by atoms with van der Waals surface area (Å²) < 4.78 is 40.1. The fourth-order valence-corrected chi connectivity index (χ4v) is 2.94. The number of fused-ring (bicyclic) bond motifs is 1. The molecule has 7 nitrogen and oxygen atoms in total. The third kappa shape index (κ3) is 3.07. The fraction of sp³-hybridized carbons (Fsp3) is 0.375. The molecule has 0 aliphatic carbocycles. The minimum Gasteiger partial charge on any atom is -0.393 e. The second-order valence-electron chi connectivity index (χ2n) is 6.10. The van der Waals surface area contributed by atoms with E-state index in [1.807, 2.05) is 4.90 Å². The summed E-state index contributed by atoms with van der Waals surface area (Å²) in [5.41, 5.74) is -0.375. The third-order valence-electron chi connectivity index (χ3n) is 4.34. The van der Waals surface area contributed by atoms with E-state index in [1.54, 1.807) is 12.3 Å². The van der Waals surface area contributed by atoms with Crippen molar-refractivity contribution in [1.82, 2.24) is 24.3 Å². The molecule has 1 N–H and O–H groups in total. The van der Waals surface area contributed by atoms with Gasteiger partial charge in [0, 0.05) is 25.5 Å². The Hall–Kier alpha value is -2.75. The van der Waals surface area contributed by atoms with Gasteiger partial charge in [-0.2, -0.15) is 13.2 Å². The molecule has 0 spiro atoms. The Labute approximate surface area is 146 Å². The minimum atomic E-state index is -4.55. The number of halogens is 3. The molecule has 3 aromatic heterocycles. The molecule has 4 rings (SSSR count). The number of nitrogens with zero attached hydrogens (tertiary/aromatic N) is 6. The van der Waals surface area contributed by atoms with Crippen molar-refractivity contribution in [3.05, 3.63) is 36.5 Å². The largest absolute Gasteiger partial charge is 0.434 e. The maximum absolute atomic E-state index is 12.9. The van der Waals surface area contributed by atoms with E-state index in [-0.39, 0.29) is 17.6 Å². The number of imidazole rings is 1. The zero-order valence-electron chi connectivity index (χ0n) is 13.6. The first-order chi connectivity index (χ1) is 12.4. The zero-order chi connectivity index (χ0) is 18.3. The van der Waals surface area contributed by atoms with Gasteiger partial charge < -0.3 is 10.0 Å². The first-order valence-corrected chi connectivity index (χ1v) is 8.08. The molecule has 0 aromatic carbocycles. The predicted molar refractivity (Wildman–Crippen MR) is 86.5 cm³/mol. The second-order valence-corrected chi connectivity index (χ2v) is 6.10. The minimum absolute atomic E-state index is 0.278. The summed E-state index contributed by atoms with van der Waals surface area (Å²) in [7, 11) is 0. The molecule has 1 fully saturated rings. The van der Waals surface area contributed by atoms with Gasteiger partial charge in [0.2, 0.25) is 0 Å². The van der Waals surface area contributed by atoms with Gasteiger partial charge in [-0.05, 0) is 18.9 Å². The molecule has 0 radical (unpaired) electrons. The van der Waals surface area contributed by atoms with Gasteiger partial charge in [-0.15, -0.1) is 0 Å².